The van der Waals surface area contributed by atoms with Gasteiger partial charge in [-0.15, -0.1) is 0 Å². The Labute approximate surface area is 104 Å². The number of nitrogens with zero attached hydrogens (tertiary/aromatic N) is 3. The number of aliphatic carboxylic acids is 1. The van der Waals surface area contributed by atoms with E-state index in [1.54, 1.807) is 6.20 Å². The Bertz CT molecular complexity index is 586. The van der Waals surface area contributed by atoms with Crippen LogP contribution in [0.25, 0.3) is 5.78 Å². The molecule has 0 aliphatic carbocycles. The summed E-state index contributed by atoms with van der Waals surface area (Å²) in [5.41, 5.74) is 1.09. The second kappa shape index (κ2) is 4.13. The van der Waals surface area contributed by atoms with Crippen LogP contribution in [-0.2, 0) is 11.8 Å². The van der Waals surface area contributed by atoms with Gasteiger partial charge in [-0.2, -0.15) is 0 Å². The van der Waals surface area contributed by atoms with Crippen molar-refractivity contribution in [1.29, 1.82) is 0 Å². The number of rotatable bonds is 2. The van der Waals surface area contributed by atoms with Gasteiger partial charge in [0.15, 0.2) is 0 Å². The quantitative estimate of drug-likeness (QED) is 0.829. The molecular weight excluding hydrogens is 232 g/mol. The van der Waals surface area contributed by atoms with Gasteiger partial charge in [0.05, 0.1) is 5.69 Å². The lowest BCUT2D eigenvalue weighted by Gasteiger charge is -2.28. The van der Waals surface area contributed by atoms with E-state index >= 15 is 0 Å². The van der Waals surface area contributed by atoms with Crippen LogP contribution in [0.2, 0.25) is 0 Å². The fraction of sp³-hybridized carbons (Fsp3) is 0.500. The minimum atomic E-state index is -0.765. The van der Waals surface area contributed by atoms with Crippen LogP contribution in [0.1, 0.15) is 31.0 Å². The van der Waals surface area contributed by atoms with Gasteiger partial charge in [0.1, 0.15) is 6.04 Å². The average Bonchev–Trinajstić information content (AvgIpc) is 2.93. The molecule has 0 aromatic carbocycles. The number of carboxylic acid groups (broad SMARTS) is 1. The summed E-state index contributed by atoms with van der Waals surface area (Å²) < 4.78 is 3.98. The number of carbonyl (C=O) groups is 1. The molecule has 1 aliphatic heterocycles. The standard InChI is InChI=1S/C12H16N4O2/c1-15-10(7-16-6-5-13-12(15)16)8-3-2-4-9(14-8)11(17)18/h5-9,14H,2-4H2,1H3,(H,17,18). The monoisotopic (exact) mass is 248 g/mol. The van der Waals surface area contributed by atoms with Gasteiger partial charge in [-0.3, -0.25) is 14.5 Å². The molecule has 2 aromatic heterocycles. The van der Waals surface area contributed by atoms with E-state index in [0.717, 1.165) is 24.3 Å². The van der Waals surface area contributed by atoms with E-state index in [2.05, 4.69) is 10.3 Å². The van der Waals surface area contributed by atoms with E-state index in [0.29, 0.717) is 6.42 Å². The van der Waals surface area contributed by atoms with Crippen molar-refractivity contribution in [2.45, 2.75) is 31.3 Å². The Kier molecular flexibility index (Phi) is 2.59. The summed E-state index contributed by atoms with van der Waals surface area (Å²) in [5, 5.41) is 12.3. The lowest BCUT2D eigenvalue weighted by Crippen LogP contribution is -2.42. The maximum absolute atomic E-state index is 11.1. The van der Waals surface area contributed by atoms with Gasteiger partial charge in [-0.25, -0.2) is 4.98 Å². The van der Waals surface area contributed by atoms with Crippen LogP contribution >= 0.6 is 0 Å². The first-order valence-electron chi connectivity index (χ1n) is 6.14. The molecule has 2 N–H and O–H groups in total. The van der Waals surface area contributed by atoms with Crippen molar-refractivity contribution in [3.8, 4) is 0 Å². The number of piperidine rings is 1. The smallest absolute Gasteiger partial charge is 0.320 e. The summed E-state index contributed by atoms with van der Waals surface area (Å²) in [5.74, 6) is 0.114. The lowest BCUT2D eigenvalue weighted by molar-refractivity contribution is -0.140. The summed E-state index contributed by atoms with van der Waals surface area (Å²) >= 11 is 0. The zero-order valence-corrected chi connectivity index (χ0v) is 10.2. The number of fused-ring (bicyclic) bond motifs is 1. The second-order valence-electron chi connectivity index (χ2n) is 4.79. The molecule has 1 aliphatic rings. The van der Waals surface area contributed by atoms with Crippen LogP contribution in [0.4, 0.5) is 0 Å². The van der Waals surface area contributed by atoms with E-state index in [1.807, 2.05) is 28.4 Å². The first-order chi connectivity index (χ1) is 8.66. The predicted molar refractivity (Wildman–Crippen MR) is 65.3 cm³/mol. The molecule has 2 atom stereocenters. The van der Waals surface area contributed by atoms with E-state index in [9.17, 15) is 4.79 Å². The van der Waals surface area contributed by atoms with E-state index in [1.165, 1.54) is 0 Å². The molecule has 18 heavy (non-hydrogen) atoms. The summed E-state index contributed by atoms with van der Waals surface area (Å²) in [7, 11) is 1.96. The highest BCUT2D eigenvalue weighted by atomic mass is 16.4. The van der Waals surface area contributed by atoms with Crippen LogP contribution < -0.4 is 5.32 Å². The van der Waals surface area contributed by atoms with E-state index in [4.69, 9.17) is 5.11 Å². The van der Waals surface area contributed by atoms with E-state index < -0.39 is 12.0 Å². The first-order valence-corrected chi connectivity index (χ1v) is 6.14. The number of aromatic nitrogens is 3. The molecular formula is C12H16N4O2. The van der Waals surface area contributed by atoms with Crippen molar-refractivity contribution in [3.05, 3.63) is 24.3 Å². The Balaban J connectivity index is 1.91. The topological polar surface area (TPSA) is 71.6 Å². The second-order valence-corrected chi connectivity index (χ2v) is 4.79. The molecule has 0 spiro atoms. The van der Waals surface area contributed by atoms with Crippen LogP contribution in [0.15, 0.2) is 18.6 Å². The number of imidazole rings is 2. The minimum absolute atomic E-state index is 0.0894. The summed E-state index contributed by atoms with van der Waals surface area (Å²) in [6, 6.07) is -0.350. The van der Waals surface area contributed by atoms with Gasteiger partial charge in [-0.1, -0.05) is 0 Å². The van der Waals surface area contributed by atoms with Crippen LogP contribution in [0.3, 0.4) is 0 Å². The SMILES string of the molecule is Cn1c(C2CCCC(C(=O)O)N2)cn2ccnc12. The molecule has 0 amide bonds. The number of aryl methyl sites for hydroxylation is 1. The van der Waals surface area contributed by atoms with Crippen molar-refractivity contribution in [1.82, 2.24) is 19.3 Å². The van der Waals surface area contributed by atoms with Crippen molar-refractivity contribution < 1.29 is 9.90 Å². The fourth-order valence-corrected chi connectivity index (χ4v) is 2.70. The van der Waals surface area contributed by atoms with Crippen molar-refractivity contribution in [2.75, 3.05) is 0 Å². The normalized spacial score (nSPS) is 24.5. The van der Waals surface area contributed by atoms with Crippen molar-refractivity contribution in [2.24, 2.45) is 7.05 Å². The van der Waals surface area contributed by atoms with Gasteiger partial charge in [0.25, 0.3) is 0 Å². The van der Waals surface area contributed by atoms with Crippen LogP contribution in [-0.4, -0.2) is 31.1 Å². The fourth-order valence-electron chi connectivity index (χ4n) is 2.70. The maximum atomic E-state index is 11.1. The number of nitrogens with one attached hydrogen (secondary N) is 1. The first kappa shape index (κ1) is 11.3. The molecule has 1 fully saturated rings. The number of hydrogen-bond acceptors (Lipinski definition) is 3. The molecule has 6 nitrogen and oxygen atoms in total. The largest absolute Gasteiger partial charge is 0.480 e. The highest BCUT2D eigenvalue weighted by Gasteiger charge is 2.28. The summed E-state index contributed by atoms with van der Waals surface area (Å²) in [6.45, 7) is 0. The Morgan fingerprint density at radius 1 is 1.56 bits per heavy atom. The molecule has 1 saturated heterocycles. The molecule has 0 radical (unpaired) electrons. The molecule has 2 aromatic rings. The van der Waals surface area contributed by atoms with Crippen LogP contribution in [0, 0.1) is 0 Å². The highest BCUT2D eigenvalue weighted by molar-refractivity contribution is 5.73. The maximum Gasteiger partial charge on any atom is 0.320 e. The molecule has 2 unspecified atom stereocenters. The highest BCUT2D eigenvalue weighted by Crippen LogP contribution is 2.26. The molecule has 96 valence electrons. The molecule has 3 heterocycles. The Hall–Kier alpha value is -1.82. The molecule has 0 saturated carbocycles. The van der Waals surface area contributed by atoms with Gasteiger partial charge >= 0.3 is 5.97 Å². The Morgan fingerprint density at radius 3 is 3.11 bits per heavy atom. The van der Waals surface area contributed by atoms with E-state index in [-0.39, 0.29) is 6.04 Å². The summed E-state index contributed by atoms with van der Waals surface area (Å²) in [4.78, 5) is 15.3. The predicted octanol–water partition coefficient (Wildman–Crippen LogP) is 0.941. The third-order valence-electron chi connectivity index (χ3n) is 3.65. The average molecular weight is 248 g/mol. The zero-order valence-electron chi connectivity index (χ0n) is 10.2. The van der Waals surface area contributed by atoms with Gasteiger partial charge in [0, 0.05) is 31.7 Å². The zero-order chi connectivity index (χ0) is 12.7. The van der Waals surface area contributed by atoms with Gasteiger partial charge < -0.3 is 9.67 Å². The number of carboxylic acids is 1. The molecule has 3 rings (SSSR count). The number of hydrogen-bond donors (Lipinski definition) is 2. The third kappa shape index (κ3) is 1.69. The van der Waals surface area contributed by atoms with Gasteiger partial charge in [0.2, 0.25) is 5.78 Å². The third-order valence-corrected chi connectivity index (χ3v) is 3.65. The van der Waals surface area contributed by atoms with Crippen molar-refractivity contribution in [3.63, 3.8) is 0 Å². The minimum Gasteiger partial charge on any atom is -0.480 e. The lowest BCUT2D eigenvalue weighted by atomic mass is 9.97. The van der Waals surface area contributed by atoms with Crippen LogP contribution in [0.5, 0.6) is 0 Å². The molecule has 6 heteroatoms. The van der Waals surface area contributed by atoms with Gasteiger partial charge in [-0.05, 0) is 19.3 Å². The van der Waals surface area contributed by atoms with Crippen molar-refractivity contribution >= 4 is 11.7 Å². The molecule has 0 bridgehead atoms. The summed E-state index contributed by atoms with van der Waals surface area (Å²) in [6.07, 6.45) is 8.27. The Morgan fingerprint density at radius 2 is 2.39 bits per heavy atom.